The number of aromatic nitrogens is 2. The monoisotopic (exact) mass is 247 g/mol. The van der Waals surface area contributed by atoms with Crippen molar-refractivity contribution in [2.45, 2.75) is 6.92 Å². The van der Waals surface area contributed by atoms with Crippen molar-refractivity contribution in [3.05, 3.63) is 30.5 Å². The third-order valence-electron chi connectivity index (χ3n) is 3.16. The summed E-state index contributed by atoms with van der Waals surface area (Å²) in [6.07, 6.45) is 1.62. The summed E-state index contributed by atoms with van der Waals surface area (Å²) in [6.45, 7) is 1.63. The Hall–Kier alpha value is -2.68. The molecule has 0 spiro atoms. The number of benzene rings is 1. The summed E-state index contributed by atoms with van der Waals surface area (Å²) >= 11 is 0. The van der Waals surface area contributed by atoms with Crippen LogP contribution in [0.15, 0.2) is 35.5 Å². The summed E-state index contributed by atoms with van der Waals surface area (Å²) < 4.78 is 0. The van der Waals surface area contributed by atoms with E-state index in [1.165, 1.54) is 0 Å². The second kappa shape index (κ2) is 4.21. The van der Waals surface area contributed by atoms with E-state index in [-0.39, 0.29) is 12.7 Å². The van der Waals surface area contributed by atoms with Crippen LogP contribution in [0.25, 0.3) is 11.3 Å². The van der Waals surface area contributed by atoms with Crippen LogP contribution in [0.4, 0.5) is 11.6 Å². The van der Waals surface area contributed by atoms with E-state index in [0.29, 0.717) is 0 Å². The molecule has 19 heavy (non-hydrogen) atoms. The molecule has 5 nitrogen and oxygen atoms in total. The van der Waals surface area contributed by atoms with E-state index in [0.717, 1.165) is 28.0 Å². The molecular weight excluding hydrogens is 237 g/mol. The normalized spacial score (nSPS) is 12.8. The molecule has 1 aliphatic rings. The summed E-state index contributed by atoms with van der Waals surface area (Å²) in [5.74, 6) is 2.50. The van der Waals surface area contributed by atoms with Crippen molar-refractivity contribution in [1.29, 1.82) is 5.26 Å². The number of anilines is 1. The maximum absolute atomic E-state index is 9.14. The van der Waals surface area contributed by atoms with Crippen LogP contribution >= 0.6 is 0 Å². The lowest BCUT2D eigenvalue weighted by molar-refractivity contribution is 1.19. The summed E-state index contributed by atoms with van der Waals surface area (Å²) in [7, 11) is 0. The Morgan fingerprint density at radius 2 is 2.16 bits per heavy atom. The fraction of sp³-hybridized carbons (Fsp3) is 0.0769. The lowest BCUT2D eigenvalue weighted by Crippen LogP contribution is -2.31. The number of nitriles is 1. The first kappa shape index (κ1) is 11.4. The van der Waals surface area contributed by atoms with Gasteiger partial charge in [0.05, 0.1) is 11.4 Å². The number of fused-ring (bicyclic) bond motifs is 1. The lowest BCUT2D eigenvalue weighted by Gasteiger charge is -2.04. The second-order valence-corrected chi connectivity index (χ2v) is 4.39. The largest absolute Gasteiger partial charge is 0.368 e. The van der Waals surface area contributed by atoms with Crippen LogP contribution in [0, 0.1) is 11.2 Å². The Labute approximate surface area is 110 Å². The molecule has 0 atom stereocenters. The molecule has 0 unspecified atom stereocenters. The first-order valence-corrected chi connectivity index (χ1v) is 5.86. The van der Waals surface area contributed by atoms with Crippen LogP contribution in [0.5, 0.6) is 0 Å². The summed E-state index contributed by atoms with van der Waals surface area (Å²) in [6, 6.07) is 7.58. The Morgan fingerprint density at radius 3 is 2.89 bits per heavy atom. The quantitative estimate of drug-likeness (QED) is 0.765. The zero-order chi connectivity index (χ0) is 13.4. The van der Waals surface area contributed by atoms with E-state index < -0.39 is 0 Å². The maximum atomic E-state index is 9.14. The molecule has 2 aromatic rings. The average molecular weight is 247 g/mol. The van der Waals surface area contributed by atoms with E-state index >= 15 is 0 Å². The summed E-state index contributed by atoms with van der Waals surface area (Å²) in [5.41, 5.74) is 9.87. The van der Waals surface area contributed by atoms with Gasteiger partial charge in [0.1, 0.15) is 0 Å². The van der Waals surface area contributed by atoms with Gasteiger partial charge in [0.25, 0.3) is 0 Å². The standard InChI is InChI=1S/C13H10BN5/c1-8-14(7-15)10-3-2-9(6-12(10)18-8)11-4-5-17-13(16)19-11/h2-6H,1H3,(H2,16,17,19). The van der Waals surface area contributed by atoms with Gasteiger partial charge in [0.15, 0.2) is 0 Å². The topological polar surface area (TPSA) is 87.9 Å². The average Bonchev–Trinajstić information content (AvgIpc) is 2.72. The van der Waals surface area contributed by atoms with Crippen molar-refractivity contribution in [3.63, 3.8) is 0 Å². The minimum absolute atomic E-state index is 0.237. The molecule has 6 heteroatoms. The van der Waals surface area contributed by atoms with Gasteiger partial charge in [-0.25, -0.2) is 15.2 Å². The number of rotatable bonds is 1. The molecule has 0 amide bonds. The molecule has 0 saturated carbocycles. The highest BCUT2D eigenvalue weighted by molar-refractivity contribution is 7.07. The molecule has 0 fully saturated rings. The van der Waals surface area contributed by atoms with Crippen LogP contribution in [-0.4, -0.2) is 22.3 Å². The number of nitrogens with zero attached hydrogens (tertiary/aromatic N) is 4. The minimum atomic E-state index is -0.237. The molecule has 1 aromatic heterocycles. The number of nitrogens with two attached hydrogens (primary N) is 1. The fourth-order valence-corrected chi connectivity index (χ4v) is 2.22. The Bertz CT molecular complexity index is 732. The Balaban J connectivity index is 2.09. The van der Waals surface area contributed by atoms with Crippen LogP contribution in [0.1, 0.15) is 6.92 Å². The van der Waals surface area contributed by atoms with E-state index in [2.05, 4.69) is 20.9 Å². The van der Waals surface area contributed by atoms with Gasteiger partial charge in [0.2, 0.25) is 5.95 Å². The van der Waals surface area contributed by atoms with Gasteiger partial charge >= 0.3 is 6.71 Å². The molecule has 3 rings (SSSR count). The number of hydrogen-bond donors (Lipinski definition) is 1. The lowest BCUT2D eigenvalue weighted by atomic mass is 9.44. The fourth-order valence-electron chi connectivity index (χ4n) is 2.22. The number of nitrogen functional groups attached to an aromatic ring is 1. The van der Waals surface area contributed by atoms with Crippen LogP contribution < -0.4 is 11.2 Å². The van der Waals surface area contributed by atoms with Crippen molar-refractivity contribution in [3.8, 4) is 17.2 Å². The van der Waals surface area contributed by atoms with Crippen molar-refractivity contribution in [2.75, 3.05) is 5.73 Å². The molecule has 2 heterocycles. The van der Waals surface area contributed by atoms with E-state index in [1.54, 1.807) is 12.3 Å². The van der Waals surface area contributed by atoms with Crippen molar-refractivity contribution >= 4 is 29.4 Å². The highest BCUT2D eigenvalue weighted by atomic mass is 15.0. The first-order valence-electron chi connectivity index (χ1n) is 5.86. The first-order chi connectivity index (χ1) is 9.19. The van der Waals surface area contributed by atoms with Gasteiger partial charge in [-0.15, -0.1) is 0 Å². The molecule has 0 aliphatic carbocycles. The molecular formula is C13H10BN5. The van der Waals surface area contributed by atoms with E-state index in [1.807, 2.05) is 25.1 Å². The molecule has 1 aromatic carbocycles. The molecule has 90 valence electrons. The number of aliphatic imine (C=N–C) groups is 1. The molecule has 2 N–H and O–H groups in total. The summed E-state index contributed by atoms with van der Waals surface area (Å²) in [5, 5.41) is 9.14. The minimum Gasteiger partial charge on any atom is -0.368 e. The van der Waals surface area contributed by atoms with Crippen molar-refractivity contribution < 1.29 is 0 Å². The highest BCUT2D eigenvalue weighted by Gasteiger charge is 2.29. The molecule has 0 radical (unpaired) electrons. The molecule has 1 aliphatic heterocycles. The van der Waals surface area contributed by atoms with Gasteiger partial charge in [-0.3, -0.25) is 4.99 Å². The Kier molecular flexibility index (Phi) is 2.53. The van der Waals surface area contributed by atoms with Crippen molar-refractivity contribution in [1.82, 2.24) is 9.97 Å². The second-order valence-electron chi connectivity index (χ2n) is 4.39. The SMILES string of the molecule is CC1=Nc2cc(-c3ccnc(N)n3)ccc2B1C#N. The predicted octanol–water partition coefficient (Wildman–Crippen LogP) is 1.14. The third-order valence-corrected chi connectivity index (χ3v) is 3.16. The van der Waals surface area contributed by atoms with Crippen LogP contribution in [-0.2, 0) is 0 Å². The molecule has 0 bridgehead atoms. The zero-order valence-electron chi connectivity index (χ0n) is 10.3. The number of hydrogen-bond acceptors (Lipinski definition) is 5. The van der Waals surface area contributed by atoms with Gasteiger partial charge in [0, 0.05) is 23.3 Å². The van der Waals surface area contributed by atoms with E-state index in [4.69, 9.17) is 11.0 Å². The van der Waals surface area contributed by atoms with Gasteiger partial charge < -0.3 is 5.73 Å². The maximum Gasteiger partial charge on any atom is 0.349 e. The van der Waals surface area contributed by atoms with Crippen LogP contribution in [0.2, 0.25) is 0 Å². The van der Waals surface area contributed by atoms with E-state index in [9.17, 15) is 0 Å². The summed E-state index contributed by atoms with van der Waals surface area (Å²) in [4.78, 5) is 12.5. The van der Waals surface area contributed by atoms with Gasteiger partial charge in [-0.1, -0.05) is 12.1 Å². The predicted molar refractivity (Wildman–Crippen MR) is 75.7 cm³/mol. The van der Waals surface area contributed by atoms with Crippen molar-refractivity contribution in [2.24, 2.45) is 4.99 Å². The Morgan fingerprint density at radius 1 is 1.32 bits per heavy atom. The third kappa shape index (κ3) is 1.85. The van der Waals surface area contributed by atoms with Crippen LogP contribution in [0.3, 0.4) is 0 Å². The van der Waals surface area contributed by atoms with Gasteiger partial charge in [-0.05, 0) is 24.5 Å². The zero-order valence-corrected chi connectivity index (χ0v) is 10.3. The smallest absolute Gasteiger partial charge is 0.349 e. The molecule has 0 saturated heterocycles. The van der Waals surface area contributed by atoms with Gasteiger partial charge in [-0.2, -0.15) is 0 Å². The highest BCUT2D eigenvalue weighted by Crippen LogP contribution is 2.25.